The second-order valence-electron chi connectivity index (χ2n) is 4.82. The largest absolute Gasteiger partial charge is 0.346 e. The number of halogens is 1. The number of amides is 1. The Balaban J connectivity index is 1.79. The highest BCUT2D eigenvalue weighted by Crippen LogP contribution is 2.34. The molecule has 2 heterocycles. The van der Waals surface area contributed by atoms with Crippen LogP contribution in [0.1, 0.15) is 21.1 Å². The summed E-state index contributed by atoms with van der Waals surface area (Å²) in [4.78, 5) is 12.8. The first-order valence-corrected chi connectivity index (χ1v) is 7.70. The van der Waals surface area contributed by atoms with E-state index < -0.39 is 0 Å². The zero-order valence-corrected chi connectivity index (χ0v) is 13.3. The average Bonchev–Trinajstić information content (AvgIpc) is 2.98. The number of nitrogens with zero attached hydrogens (tertiary/aromatic N) is 2. The van der Waals surface area contributed by atoms with Crippen LogP contribution in [0.4, 0.5) is 0 Å². The van der Waals surface area contributed by atoms with Gasteiger partial charge in [0.1, 0.15) is 4.88 Å². The second-order valence-corrected chi connectivity index (χ2v) is 6.25. The van der Waals surface area contributed by atoms with Gasteiger partial charge in [0, 0.05) is 22.8 Å². The van der Waals surface area contributed by atoms with Crippen molar-refractivity contribution in [2.45, 2.75) is 13.5 Å². The summed E-state index contributed by atoms with van der Waals surface area (Å²) < 4.78 is 2.80. The van der Waals surface area contributed by atoms with Gasteiger partial charge in [0.25, 0.3) is 5.91 Å². The van der Waals surface area contributed by atoms with Gasteiger partial charge in [-0.1, -0.05) is 29.8 Å². The minimum Gasteiger partial charge on any atom is -0.346 e. The molecule has 0 atom stereocenters. The minimum atomic E-state index is -0.162. The zero-order chi connectivity index (χ0) is 15.0. The van der Waals surface area contributed by atoms with Crippen LogP contribution in [0.3, 0.4) is 0 Å². The highest BCUT2D eigenvalue weighted by Gasteiger charge is 2.16. The van der Waals surface area contributed by atoms with Gasteiger partial charge in [-0.05, 0) is 19.1 Å². The number of hydrogen-bond acceptors (Lipinski definition) is 3. The van der Waals surface area contributed by atoms with Crippen molar-refractivity contribution >= 4 is 38.9 Å². The minimum absolute atomic E-state index is 0.162. The molecule has 3 rings (SSSR count). The lowest BCUT2D eigenvalue weighted by molar-refractivity contribution is 0.0954. The van der Waals surface area contributed by atoms with Gasteiger partial charge in [0.15, 0.2) is 0 Å². The normalized spacial score (nSPS) is 11.0. The molecule has 1 amide bonds. The highest BCUT2D eigenvalue weighted by atomic mass is 35.5. The van der Waals surface area contributed by atoms with Gasteiger partial charge in [0.2, 0.25) is 0 Å². The van der Waals surface area contributed by atoms with E-state index in [9.17, 15) is 4.79 Å². The summed E-state index contributed by atoms with van der Waals surface area (Å²) in [6.07, 6.45) is 0. The second kappa shape index (κ2) is 5.50. The summed E-state index contributed by atoms with van der Waals surface area (Å²) in [5.41, 5.74) is 1.89. The Hall–Kier alpha value is -1.85. The molecule has 0 radical (unpaired) electrons. The number of thiophene rings is 1. The van der Waals surface area contributed by atoms with E-state index in [0.717, 1.165) is 21.5 Å². The summed E-state index contributed by atoms with van der Waals surface area (Å²) in [5.74, 6) is -0.162. The molecule has 0 spiro atoms. The molecule has 0 bridgehead atoms. The average molecular weight is 320 g/mol. The van der Waals surface area contributed by atoms with E-state index in [4.69, 9.17) is 11.6 Å². The van der Waals surface area contributed by atoms with Crippen LogP contribution in [-0.4, -0.2) is 15.7 Å². The number of rotatable bonds is 3. The first kappa shape index (κ1) is 14.1. The Kier molecular flexibility index (Phi) is 3.69. The topological polar surface area (TPSA) is 46.9 Å². The molecule has 0 fully saturated rings. The van der Waals surface area contributed by atoms with E-state index in [1.165, 1.54) is 11.3 Å². The molecule has 2 aromatic heterocycles. The standard InChI is InChI=1S/C15H14ClN3OS/c1-9-7-10(18-19(9)2)8-17-15(20)14-13(16)11-5-3-4-6-12(11)21-14/h3-7H,8H2,1-2H3,(H,17,20). The predicted molar refractivity (Wildman–Crippen MR) is 86.0 cm³/mol. The maximum Gasteiger partial charge on any atom is 0.263 e. The molecule has 1 aromatic carbocycles. The Morgan fingerprint density at radius 1 is 1.43 bits per heavy atom. The third kappa shape index (κ3) is 2.66. The maximum absolute atomic E-state index is 12.3. The van der Waals surface area contributed by atoms with Gasteiger partial charge in [-0.25, -0.2) is 0 Å². The molecule has 4 nitrogen and oxygen atoms in total. The van der Waals surface area contributed by atoms with Crippen LogP contribution in [0.15, 0.2) is 30.3 Å². The Labute approximate surface area is 131 Å². The molecule has 21 heavy (non-hydrogen) atoms. The lowest BCUT2D eigenvalue weighted by Gasteiger charge is -2.01. The first-order valence-electron chi connectivity index (χ1n) is 6.51. The number of hydrogen-bond donors (Lipinski definition) is 1. The van der Waals surface area contributed by atoms with E-state index in [-0.39, 0.29) is 5.91 Å². The van der Waals surface area contributed by atoms with Crippen molar-refractivity contribution in [1.82, 2.24) is 15.1 Å². The molecule has 0 saturated heterocycles. The van der Waals surface area contributed by atoms with Crippen LogP contribution in [0.25, 0.3) is 10.1 Å². The monoisotopic (exact) mass is 319 g/mol. The molecule has 1 N–H and O–H groups in total. The fraction of sp³-hybridized carbons (Fsp3) is 0.200. The van der Waals surface area contributed by atoms with Crippen LogP contribution in [0.5, 0.6) is 0 Å². The van der Waals surface area contributed by atoms with E-state index in [2.05, 4.69) is 10.4 Å². The lowest BCUT2D eigenvalue weighted by atomic mass is 10.2. The molecule has 0 saturated carbocycles. The lowest BCUT2D eigenvalue weighted by Crippen LogP contribution is -2.22. The van der Waals surface area contributed by atoms with Crippen molar-refractivity contribution in [2.75, 3.05) is 0 Å². The number of carbonyl (C=O) groups is 1. The summed E-state index contributed by atoms with van der Waals surface area (Å²) in [5, 5.41) is 8.62. The maximum atomic E-state index is 12.3. The quantitative estimate of drug-likeness (QED) is 0.803. The molecular weight excluding hydrogens is 306 g/mol. The molecule has 0 aliphatic heterocycles. The predicted octanol–water partition coefficient (Wildman–Crippen LogP) is 3.53. The van der Waals surface area contributed by atoms with Gasteiger partial charge in [-0.3, -0.25) is 9.48 Å². The summed E-state index contributed by atoms with van der Waals surface area (Å²) in [7, 11) is 1.88. The van der Waals surface area contributed by atoms with Crippen molar-refractivity contribution in [2.24, 2.45) is 7.05 Å². The van der Waals surface area contributed by atoms with Crippen LogP contribution in [0, 0.1) is 6.92 Å². The smallest absolute Gasteiger partial charge is 0.263 e. The fourth-order valence-corrected chi connectivity index (χ4v) is 3.57. The van der Waals surface area contributed by atoms with Crippen molar-refractivity contribution in [1.29, 1.82) is 0 Å². The van der Waals surface area contributed by atoms with Crippen LogP contribution < -0.4 is 5.32 Å². The van der Waals surface area contributed by atoms with E-state index >= 15 is 0 Å². The summed E-state index contributed by atoms with van der Waals surface area (Å²) in [6, 6.07) is 9.69. The van der Waals surface area contributed by atoms with Crippen molar-refractivity contribution < 1.29 is 4.79 Å². The molecule has 0 aliphatic rings. The van der Waals surface area contributed by atoms with Crippen LogP contribution in [-0.2, 0) is 13.6 Å². The van der Waals surface area contributed by atoms with Crippen LogP contribution in [0.2, 0.25) is 5.02 Å². The van der Waals surface area contributed by atoms with Gasteiger partial charge in [0.05, 0.1) is 17.3 Å². The fourth-order valence-electron chi connectivity index (χ4n) is 2.13. The number of aromatic nitrogens is 2. The first-order chi connectivity index (χ1) is 10.1. The van der Waals surface area contributed by atoms with Gasteiger partial charge < -0.3 is 5.32 Å². The molecular formula is C15H14ClN3OS. The SMILES string of the molecule is Cc1cc(CNC(=O)c2sc3ccccc3c2Cl)nn1C. The molecule has 0 unspecified atom stereocenters. The third-order valence-corrected chi connectivity index (χ3v) is 5.01. The number of aryl methyl sites for hydroxylation is 2. The Morgan fingerprint density at radius 3 is 2.86 bits per heavy atom. The Bertz CT molecular complexity index is 802. The molecule has 3 aromatic rings. The molecule has 6 heteroatoms. The van der Waals surface area contributed by atoms with Gasteiger partial charge in [-0.15, -0.1) is 11.3 Å². The van der Waals surface area contributed by atoms with E-state index in [1.54, 1.807) is 4.68 Å². The third-order valence-electron chi connectivity index (χ3n) is 3.34. The van der Waals surface area contributed by atoms with E-state index in [0.29, 0.717) is 16.4 Å². The number of fused-ring (bicyclic) bond motifs is 1. The molecule has 108 valence electrons. The Morgan fingerprint density at radius 2 is 2.19 bits per heavy atom. The summed E-state index contributed by atoms with van der Waals surface area (Å²) in [6.45, 7) is 2.37. The van der Waals surface area contributed by atoms with Gasteiger partial charge in [-0.2, -0.15) is 5.10 Å². The van der Waals surface area contributed by atoms with E-state index in [1.807, 2.05) is 44.3 Å². The van der Waals surface area contributed by atoms with Crippen molar-refractivity contribution in [3.8, 4) is 0 Å². The highest BCUT2D eigenvalue weighted by molar-refractivity contribution is 7.21. The van der Waals surface area contributed by atoms with Gasteiger partial charge >= 0.3 is 0 Å². The number of benzene rings is 1. The van der Waals surface area contributed by atoms with Crippen LogP contribution >= 0.6 is 22.9 Å². The van der Waals surface area contributed by atoms with Crippen molar-refractivity contribution in [3.05, 3.63) is 51.6 Å². The summed E-state index contributed by atoms with van der Waals surface area (Å²) >= 11 is 7.70. The van der Waals surface area contributed by atoms with Crippen molar-refractivity contribution in [3.63, 3.8) is 0 Å². The number of carbonyl (C=O) groups excluding carboxylic acids is 1. The number of nitrogens with one attached hydrogen (secondary N) is 1. The zero-order valence-electron chi connectivity index (χ0n) is 11.7. The molecule has 0 aliphatic carbocycles.